The van der Waals surface area contributed by atoms with E-state index in [1.54, 1.807) is 32.4 Å². The number of imide groups is 1. The third-order valence-electron chi connectivity index (χ3n) is 4.91. The number of ether oxygens (including phenoxy) is 3. The van der Waals surface area contributed by atoms with E-state index in [1.165, 1.54) is 12.0 Å². The second-order valence-electron chi connectivity index (χ2n) is 6.66. The molecule has 0 bridgehead atoms. The molecule has 0 aromatic heterocycles. The molecule has 2 N–H and O–H groups in total. The highest BCUT2D eigenvalue weighted by Crippen LogP contribution is 2.31. The van der Waals surface area contributed by atoms with Crippen LogP contribution in [0.25, 0.3) is 0 Å². The van der Waals surface area contributed by atoms with Gasteiger partial charge in [-0.25, -0.2) is 4.90 Å². The molecule has 3 rings (SSSR count). The van der Waals surface area contributed by atoms with Crippen LogP contribution in [0, 0.1) is 0 Å². The maximum Gasteiger partial charge on any atom is 0.292 e. The molecule has 154 valence electrons. The van der Waals surface area contributed by atoms with Crippen molar-refractivity contribution in [3.05, 3.63) is 47.0 Å². The predicted molar refractivity (Wildman–Crippen MR) is 109 cm³/mol. The van der Waals surface area contributed by atoms with Crippen molar-refractivity contribution in [2.24, 2.45) is 0 Å². The van der Waals surface area contributed by atoms with Gasteiger partial charge in [-0.15, -0.1) is 0 Å². The minimum Gasteiger partial charge on any atom is -0.495 e. The highest BCUT2D eigenvalue weighted by Gasteiger charge is 2.42. The fourth-order valence-corrected chi connectivity index (χ4v) is 3.64. The molecule has 2 aromatic carbocycles. The minimum atomic E-state index is -0.441. The van der Waals surface area contributed by atoms with E-state index in [2.05, 4.69) is 0 Å². The zero-order valence-electron chi connectivity index (χ0n) is 16.6. The average molecular weight is 420 g/mol. The number of rotatable bonds is 8. The first-order valence-electron chi connectivity index (χ1n) is 9.23. The Morgan fingerprint density at radius 2 is 1.69 bits per heavy atom. The van der Waals surface area contributed by atoms with Gasteiger partial charge in [-0.3, -0.25) is 9.59 Å². The van der Waals surface area contributed by atoms with Crippen molar-refractivity contribution >= 4 is 29.1 Å². The molecule has 1 saturated heterocycles. The second kappa shape index (κ2) is 9.15. The number of amides is 2. The Morgan fingerprint density at radius 3 is 2.34 bits per heavy atom. The average Bonchev–Trinajstić information content (AvgIpc) is 3.01. The highest BCUT2D eigenvalue weighted by atomic mass is 35.5. The van der Waals surface area contributed by atoms with E-state index in [9.17, 15) is 9.59 Å². The number of benzene rings is 2. The molecule has 0 unspecified atom stereocenters. The first-order valence-corrected chi connectivity index (χ1v) is 9.60. The summed E-state index contributed by atoms with van der Waals surface area (Å²) in [5.41, 5.74) is 1.52. The predicted octanol–water partition coefficient (Wildman–Crippen LogP) is 1.80. The number of quaternary nitrogens is 1. The van der Waals surface area contributed by atoms with Crippen LogP contribution in [0.5, 0.6) is 17.2 Å². The lowest BCUT2D eigenvalue weighted by molar-refractivity contribution is -0.674. The van der Waals surface area contributed by atoms with Crippen molar-refractivity contribution in [3.63, 3.8) is 0 Å². The summed E-state index contributed by atoms with van der Waals surface area (Å²) in [7, 11) is 4.70. The minimum absolute atomic E-state index is 0.161. The standard InChI is InChI=1S/C21H23ClN2O5/c1-27-17-7-5-14(11-15(17)22)24-20(25)12-16(21(24)26)23-9-8-13-4-6-18(28-2)19(10-13)29-3/h4-7,10-11,16,23H,8-9,12H2,1-3H3/p+1/t16-/m0/s1. The van der Waals surface area contributed by atoms with Gasteiger partial charge in [-0.05, 0) is 35.9 Å². The Hall–Kier alpha value is -2.77. The SMILES string of the molecule is COc1ccc(N2C(=O)C[C@H]([NH2+]CCc3ccc(OC)c(OC)c3)C2=O)cc1Cl. The monoisotopic (exact) mass is 419 g/mol. The van der Waals surface area contributed by atoms with Gasteiger partial charge in [-0.1, -0.05) is 17.7 Å². The van der Waals surface area contributed by atoms with Crippen molar-refractivity contribution in [1.82, 2.24) is 0 Å². The molecule has 1 atom stereocenters. The summed E-state index contributed by atoms with van der Waals surface area (Å²) in [6.45, 7) is 0.663. The molecular weight excluding hydrogens is 396 g/mol. The van der Waals surface area contributed by atoms with Crippen LogP contribution in [-0.2, 0) is 16.0 Å². The van der Waals surface area contributed by atoms with E-state index in [0.717, 1.165) is 12.0 Å². The molecule has 0 aliphatic carbocycles. The Morgan fingerprint density at radius 1 is 1.00 bits per heavy atom. The van der Waals surface area contributed by atoms with E-state index in [4.69, 9.17) is 25.8 Å². The summed E-state index contributed by atoms with van der Waals surface area (Å²) in [6, 6.07) is 10.2. The maximum atomic E-state index is 12.8. The Labute approximate surface area is 174 Å². The van der Waals surface area contributed by atoms with Gasteiger partial charge in [0.05, 0.1) is 45.0 Å². The van der Waals surface area contributed by atoms with Crippen LogP contribution in [0.2, 0.25) is 5.02 Å². The lowest BCUT2D eigenvalue weighted by Crippen LogP contribution is -2.92. The van der Waals surface area contributed by atoms with E-state index in [0.29, 0.717) is 34.5 Å². The molecule has 7 nitrogen and oxygen atoms in total. The largest absolute Gasteiger partial charge is 0.495 e. The molecule has 1 aliphatic heterocycles. The van der Waals surface area contributed by atoms with Gasteiger partial charge >= 0.3 is 0 Å². The molecule has 29 heavy (non-hydrogen) atoms. The number of carbonyl (C=O) groups is 2. The van der Waals surface area contributed by atoms with Crippen LogP contribution in [0.15, 0.2) is 36.4 Å². The van der Waals surface area contributed by atoms with E-state index in [-0.39, 0.29) is 18.2 Å². The zero-order chi connectivity index (χ0) is 21.0. The quantitative estimate of drug-likeness (QED) is 0.660. The Bertz CT molecular complexity index is 918. The Kier molecular flexibility index (Phi) is 6.61. The van der Waals surface area contributed by atoms with Gasteiger partial charge in [0.25, 0.3) is 5.91 Å². The number of carbonyl (C=O) groups excluding carboxylic acids is 2. The fourth-order valence-electron chi connectivity index (χ4n) is 3.39. The van der Waals surface area contributed by atoms with Crippen LogP contribution >= 0.6 is 11.6 Å². The number of nitrogens with zero attached hydrogens (tertiary/aromatic N) is 1. The number of halogens is 1. The number of anilines is 1. The molecular formula is C21H24ClN2O5+. The topological polar surface area (TPSA) is 81.7 Å². The summed E-state index contributed by atoms with van der Waals surface area (Å²) in [5.74, 6) is 1.37. The maximum absolute atomic E-state index is 12.8. The van der Waals surface area contributed by atoms with E-state index in [1.807, 2.05) is 23.5 Å². The van der Waals surface area contributed by atoms with Crippen LogP contribution < -0.4 is 24.4 Å². The van der Waals surface area contributed by atoms with E-state index < -0.39 is 6.04 Å². The molecule has 0 spiro atoms. The fraction of sp³-hybridized carbons (Fsp3) is 0.333. The summed E-state index contributed by atoms with van der Waals surface area (Å²) in [6.07, 6.45) is 0.890. The summed E-state index contributed by atoms with van der Waals surface area (Å²) >= 11 is 6.14. The smallest absolute Gasteiger partial charge is 0.292 e. The molecule has 0 saturated carbocycles. The van der Waals surface area contributed by atoms with Gasteiger partial charge < -0.3 is 19.5 Å². The number of methoxy groups -OCH3 is 3. The van der Waals surface area contributed by atoms with Gasteiger partial charge in [0.1, 0.15) is 5.75 Å². The van der Waals surface area contributed by atoms with Crippen LogP contribution in [0.1, 0.15) is 12.0 Å². The lowest BCUT2D eigenvalue weighted by Gasteiger charge is -2.15. The number of hydrogen-bond acceptors (Lipinski definition) is 5. The lowest BCUT2D eigenvalue weighted by atomic mass is 10.1. The summed E-state index contributed by atoms with van der Waals surface area (Å²) < 4.78 is 15.7. The van der Waals surface area contributed by atoms with Gasteiger partial charge in [0, 0.05) is 6.42 Å². The van der Waals surface area contributed by atoms with Gasteiger partial charge in [-0.2, -0.15) is 0 Å². The molecule has 8 heteroatoms. The van der Waals surface area contributed by atoms with Gasteiger partial charge in [0.15, 0.2) is 17.5 Å². The number of nitrogens with two attached hydrogens (primary N) is 1. The van der Waals surface area contributed by atoms with Crippen molar-refractivity contribution in [2.45, 2.75) is 18.9 Å². The van der Waals surface area contributed by atoms with Crippen molar-refractivity contribution in [1.29, 1.82) is 0 Å². The van der Waals surface area contributed by atoms with Crippen molar-refractivity contribution < 1.29 is 29.1 Å². The summed E-state index contributed by atoms with van der Waals surface area (Å²) in [5, 5.41) is 2.26. The highest BCUT2D eigenvalue weighted by molar-refractivity contribution is 6.32. The first kappa shape index (κ1) is 21.0. The van der Waals surface area contributed by atoms with Gasteiger partial charge in [0.2, 0.25) is 5.91 Å². The third-order valence-corrected chi connectivity index (χ3v) is 5.20. The normalized spacial score (nSPS) is 16.3. The van der Waals surface area contributed by atoms with Crippen LogP contribution in [0.4, 0.5) is 5.69 Å². The second-order valence-corrected chi connectivity index (χ2v) is 7.07. The summed E-state index contributed by atoms with van der Waals surface area (Å²) in [4.78, 5) is 26.4. The van der Waals surface area contributed by atoms with Crippen LogP contribution in [0.3, 0.4) is 0 Å². The van der Waals surface area contributed by atoms with Crippen molar-refractivity contribution in [2.75, 3.05) is 32.8 Å². The molecule has 1 aliphatic rings. The van der Waals surface area contributed by atoms with Crippen molar-refractivity contribution in [3.8, 4) is 17.2 Å². The molecule has 2 amide bonds. The molecule has 1 fully saturated rings. The Balaban J connectivity index is 1.62. The van der Waals surface area contributed by atoms with E-state index >= 15 is 0 Å². The molecule has 2 aromatic rings. The first-order chi connectivity index (χ1) is 14.0. The van der Waals surface area contributed by atoms with Crippen LogP contribution in [-0.4, -0.2) is 45.7 Å². The zero-order valence-corrected chi connectivity index (χ0v) is 17.4. The number of hydrogen-bond donors (Lipinski definition) is 1. The molecule has 1 heterocycles. The third kappa shape index (κ3) is 4.46. The molecule has 0 radical (unpaired) electrons.